The molecule has 3 rings (SSSR count). The van der Waals surface area contributed by atoms with Crippen LogP contribution < -0.4 is 10.1 Å². The van der Waals surface area contributed by atoms with Gasteiger partial charge in [-0.25, -0.2) is 4.98 Å². The molecule has 0 radical (unpaired) electrons. The van der Waals surface area contributed by atoms with E-state index < -0.39 is 12.3 Å². The Labute approximate surface area is 142 Å². The third-order valence-corrected chi connectivity index (χ3v) is 4.20. The van der Waals surface area contributed by atoms with Gasteiger partial charge in [0.15, 0.2) is 5.13 Å². The number of anilines is 1. The summed E-state index contributed by atoms with van der Waals surface area (Å²) in [4.78, 5) is 16.3. The Morgan fingerprint density at radius 3 is 2.67 bits per heavy atom. The Morgan fingerprint density at radius 1 is 1.21 bits per heavy atom. The van der Waals surface area contributed by atoms with Crippen LogP contribution in [0.5, 0.6) is 5.75 Å². The number of nitrogens with zero attached hydrogens (tertiary/aromatic N) is 1. The van der Waals surface area contributed by atoms with E-state index in [1.807, 2.05) is 0 Å². The Kier molecular flexibility index (Phi) is 4.33. The number of rotatable bonds is 3. The van der Waals surface area contributed by atoms with Gasteiger partial charge in [0.05, 0.1) is 20.8 Å². The number of alkyl halides is 3. The quantitative estimate of drug-likeness (QED) is 0.695. The number of fused-ring (bicyclic) bond motifs is 1. The summed E-state index contributed by atoms with van der Waals surface area (Å²) in [6.45, 7) is 0. The third-order valence-electron chi connectivity index (χ3n) is 2.93. The van der Waals surface area contributed by atoms with Gasteiger partial charge in [0, 0.05) is 6.07 Å². The van der Waals surface area contributed by atoms with Gasteiger partial charge in [0.1, 0.15) is 5.75 Å². The van der Waals surface area contributed by atoms with Crippen LogP contribution in [-0.4, -0.2) is 17.3 Å². The van der Waals surface area contributed by atoms with Crippen molar-refractivity contribution in [2.75, 3.05) is 5.32 Å². The van der Waals surface area contributed by atoms with Gasteiger partial charge >= 0.3 is 6.36 Å². The molecule has 0 bridgehead atoms. The molecule has 124 valence electrons. The van der Waals surface area contributed by atoms with Crippen molar-refractivity contribution in [1.82, 2.24) is 4.98 Å². The SMILES string of the molecule is O=C(Nc1nc2ccc(OC(F)(F)F)cc2s1)c1ccccc1Cl. The number of amides is 1. The zero-order valence-electron chi connectivity index (χ0n) is 11.7. The first-order valence-electron chi connectivity index (χ1n) is 6.54. The van der Waals surface area contributed by atoms with Gasteiger partial charge in [0.25, 0.3) is 5.91 Å². The standard InChI is InChI=1S/C15H8ClF3N2O2S/c16-10-4-2-1-3-9(10)13(22)21-14-20-11-6-5-8(7-12(11)24-14)23-15(17,18)19/h1-7H,(H,20,21,22). The predicted molar refractivity (Wildman–Crippen MR) is 85.7 cm³/mol. The van der Waals surface area contributed by atoms with Gasteiger partial charge in [-0.05, 0) is 24.3 Å². The molecule has 0 saturated heterocycles. The van der Waals surface area contributed by atoms with Crippen molar-refractivity contribution in [3.63, 3.8) is 0 Å². The summed E-state index contributed by atoms with van der Waals surface area (Å²) in [6, 6.07) is 10.3. The normalized spacial score (nSPS) is 11.5. The number of benzene rings is 2. The maximum atomic E-state index is 12.2. The molecule has 2 aromatic carbocycles. The average molecular weight is 373 g/mol. The molecule has 0 unspecified atom stereocenters. The van der Waals surface area contributed by atoms with E-state index in [-0.39, 0.29) is 21.5 Å². The Morgan fingerprint density at radius 2 is 1.96 bits per heavy atom. The van der Waals surface area contributed by atoms with Crippen LogP contribution >= 0.6 is 22.9 Å². The van der Waals surface area contributed by atoms with Crippen molar-refractivity contribution < 1.29 is 22.7 Å². The van der Waals surface area contributed by atoms with E-state index in [2.05, 4.69) is 15.0 Å². The predicted octanol–water partition coefficient (Wildman–Crippen LogP) is 5.10. The highest BCUT2D eigenvalue weighted by Crippen LogP contribution is 2.32. The lowest BCUT2D eigenvalue weighted by Crippen LogP contribution is -2.16. The van der Waals surface area contributed by atoms with Crippen LogP contribution in [0.3, 0.4) is 0 Å². The molecule has 0 aliphatic carbocycles. The molecule has 1 amide bonds. The van der Waals surface area contributed by atoms with E-state index in [1.165, 1.54) is 12.1 Å². The minimum absolute atomic E-state index is 0.249. The minimum Gasteiger partial charge on any atom is -0.406 e. The molecule has 3 aromatic rings. The number of carbonyl (C=O) groups excluding carboxylic acids is 1. The molecule has 0 aliphatic heterocycles. The first-order chi connectivity index (χ1) is 11.3. The molecule has 1 heterocycles. The van der Waals surface area contributed by atoms with Gasteiger partial charge in [-0.3, -0.25) is 10.1 Å². The molecular formula is C15H8ClF3N2O2S. The second kappa shape index (κ2) is 6.29. The Bertz CT molecular complexity index is 911. The van der Waals surface area contributed by atoms with Crippen LogP contribution in [0.1, 0.15) is 10.4 Å². The fourth-order valence-electron chi connectivity index (χ4n) is 1.97. The van der Waals surface area contributed by atoms with Crippen molar-refractivity contribution in [1.29, 1.82) is 0 Å². The maximum Gasteiger partial charge on any atom is 0.573 e. The highest BCUT2D eigenvalue weighted by molar-refractivity contribution is 7.22. The zero-order valence-corrected chi connectivity index (χ0v) is 13.3. The van der Waals surface area contributed by atoms with Crippen molar-refractivity contribution in [2.45, 2.75) is 6.36 Å². The molecule has 0 fully saturated rings. The Balaban J connectivity index is 1.83. The fraction of sp³-hybridized carbons (Fsp3) is 0.0667. The summed E-state index contributed by atoms with van der Waals surface area (Å²) in [7, 11) is 0. The van der Waals surface area contributed by atoms with Gasteiger partial charge in [-0.15, -0.1) is 13.2 Å². The van der Waals surface area contributed by atoms with Crippen molar-refractivity contribution in [3.8, 4) is 5.75 Å². The van der Waals surface area contributed by atoms with Gasteiger partial charge in [-0.2, -0.15) is 0 Å². The lowest BCUT2D eigenvalue weighted by atomic mass is 10.2. The second-order valence-corrected chi connectivity index (χ2v) is 6.07. The number of thiazole rings is 1. The number of nitrogens with one attached hydrogen (secondary N) is 1. The first-order valence-corrected chi connectivity index (χ1v) is 7.73. The number of hydrogen-bond donors (Lipinski definition) is 1. The molecule has 0 aliphatic rings. The van der Waals surface area contributed by atoms with Crippen LogP contribution in [0.4, 0.5) is 18.3 Å². The van der Waals surface area contributed by atoms with Crippen molar-refractivity contribution in [2.24, 2.45) is 0 Å². The summed E-state index contributed by atoms with van der Waals surface area (Å²) >= 11 is 6.98. The smallest absolute Gasteiger partial charge is 0.406 e. The molecule has 24 heavy (non-hydrogen) atoms. The summed E-state index contributed by atoms with van der Waals surface area (Å²) < 4.78 is 41.0. The molecule has 4 nitrogen and oxygen atoms in total. The monoisotopic (exact) mass is 372 g/mol. The van der Waals surface area contributed by atoms with E-state index in [0.717, 1.165) is 17.4 Å². The van der Waals surface area contributed by atoms with Gasteiger partial charge in [0.2, 0.25) is 0 Å². The van der Waals surface area contributed by atoms with Gasteiger partial charge in [-0.1, -0.05) is 35.1 Å². The first kappa shape index (κ1) is 16.5. The number of aromatic nitrogens is 1. The molecule has 0 spiro atoms. The summed E-state index contributed by atoms with van der Waals surface area (Å²) in [5.74, 6) is -0.797. The lowest BCUT2D eigenvalue weighted by molar-refractivity contribution is -0.274. The van der Waals surface area contributed by atoms with Gasteiger partial charge < -0.3 is 4.74 Å². The van der Waals surface area contributed by atoms with Crippen LogP contribution in [0.15, 0.2) is 42.5 Å². The van der Waals surface area contributed by atoms with Crippen LogP contribution in [-0.2, 0) is 0 Å². The molecule has 0 atom stereocenters. The maximum absolute atomic E-state index is 12.2. The Hall–Kier alpha value is -2.32. The molecule has 1 N–H and O–H groups in total. The van der Waals surface area contributed by atoms with Crippen molar-refractivity contribution in [3.05, 3.63) is 53.1 Å². The van der Waals surface area contributed by atoms with Crippen LogP contribution in [0.2, 0.25) is 5.02 Å². The highest BCUT2D eigenvalue weighted by atomic mass is 35.5. The number of carbonyl (C=O) groups is 1. The van der Waals surface area contributed by atoms with Crippen molar-refractivity contribution >= 4 is 44.2 Å². The summed E-state index contributed by atoms with van der Waals surface area (Å²) in [6.07, 6.45) is -4.76. The van der Waals surface area contributed by atoms with Crippen LogP contribution in [0, 0.1) is 0 Å². The highest BCUT2D eigenvalue weighted by Gasteiger charge is 2.31. The molecule has 1 aromatic heterocycles. The second-order valence-electron chi connectivity index (χ2n) is 4.63. The summed E-state index contributed by atoms with van der Waals surface area (Å²) in [5, 5.41) is 3.12. The fourth-order valence-corrected chi connectivity index (χ4v) is 3.08. The third kappa shape index (κ3) is 3.77. The van der Waals surface area contributed by atoms with E-state index in [0.29, 0.717) is 10.2 Å². The zero-order chi connectivity index (χ0) is 17.3. The number of hydrogen-bond acceptors (Lipinski definition) is 4. The minimum atomic E-state index is -4.76. The van der Waals surface area contributed by atoms with E-state index >= 15 is 0 Å². The lowest BCUT2D eigenvalue weighted by Gasteiger charge is -2.07. The average Bonchev–Trinajstić information content (AvgIpc) is 2.87. The number of halogens is 4. The van der Waals surface area contributed by atoms with Crippen LogP contribution in [0.25, 0.3) is 10.2 Å². The van der Waals surface area contributed by atoms with E-state index in [1.54, 1.807) is 24.3 Å². The topological polar surface area (TPSA) is 51.2 Å². The largest absolute Gasteiger partial charge is 0.573 e. The van der Waals surface area contributed by atoms with E-state index in [9.17, 15) is 18.0 Å². The molecular weight excluding hydrogens is 365 g/mol. The summed E-state index contributed by atoms with van der Waals surface area (Å²) in [5.41, 5.74) is 0.725. The molecule has 9 heteroatoms. The number of ether oxygens (including phenoxy) is 1. The molecule has 0 saturated carbocycles. The van der Waals surface area contributed by atoms with E-state index in [4.69, 9.17) is 11.6 Å².